The fourth-order valence-electron chi connectivity index (χ4n) is 2.63. The minimum atomic E-state index is 0.0427. The molecule has 3 N–H and O–H groups in total. The van der Waals surface area contributed by atoms with E-state index in [9.17, 15) is 0 Å². The molecule has 4 nitrogen and oxygen atoms in total. The molecule has 0 saturated carbocycles. The molecule has 0 bridgehead atoms. The molecule has 0 aromatic heterocycles. The second-order valence-electron chi connectivity index (χ2n) is 5.43. The lowest BCUT2D eigenvalue weighted by atomic mass is 10.0. The first-order valence-electron chi connectivity index (χ1n) is 7.11. The van der Waals surface area contributed by atoms with Gasteiger partial charge in [-0.3, -0.25) is 4.90 Å². The van der Waals surface area contributed by atoms with Crippen molar-refractivity contribution in [1.29, 1.82) is 0 Å². The van der Waals surface area contributed by atoms with Gasteiger partial charge >= 0.3 is 0 Å². The van der Waals surface area contributed by atoms with Crippen LogP contribution >= 0.6 is 12.2 Å². The Hall–Kier alpha value is -1.17. The lowest BCUT2D eigenvalue weighted by molar-refractivity contribution is 0.261. The summed E-state index contributed by atoms with van der Waals surface area (Å²) < 4.78 is 0. The topological polar surface area (TPSA) is 44.5 Å². The van der Waals surface area contributed by atoms with E-state index in [1.54, 1.807) is 0 Å². The van der Waals surface area contributed by atoms with Crippen molar-refractivity contribution < 1.29 is 0 Å². The van der Waals surface area contributed by atoms with Crippen molar-refractivity contribution in [2.24, 2.45) is 5.73 Å². The third-order valence-corrected chi connectivity index (χ3v) is 3.96. The molecule has 0 aliphatic carbocycles. The van der Waals surface area contributed by atoms with Crippen LogP contribution in [0.25, 0.3) is 0 Å². The zero-order chi connectivity index (χ0) is 14.5. The number of hydrogen-bond acceptors (Lipinski definition) is 4. The first-order chi connectivity index (χ1) is 9.59. The monoisotopic (exact) mass is 292 g/mol. The third kappa shape index (κ3) is 3.69. The third-order valence-electron chi connectivity index (χ3n) is 3.73. The molecule has 1 atom stereocenters. The molecule has 0 radical (unpaired) electrons. The van der Waals surface area contributed by atoms with Crippen molar-refractivity contribution in [2.75, 3.05) is 45.2 Å². The SMILES string of the molecule is CN(C)c1ccc(C(C(N)=S)N2CCCNCC2)cc1. The van der Waals surface area contributed by atoms with E-state index in [0.29, 0.717) is 4.99 Å². The molecule has 1 heterocycles. The summed E-state index contributed by atoms with van der Waals surface area (Å²) in [4.78, 5) is 5.03. The van der Waals surface area contributed by atoms with E-state index in [0.717, 1.165) is 32.6 Å². The minimum Gasteiger partial charge on any atom is -0.392 e. The molecule has 2 rings (SSSR count). The van der Waals surface area contributed by atoms with Crippen LogP contribution in [0.3, 0.4) is 0 Å². The van der Waals surface area contributed by atoms with Crippen molar-refractivity contribution in [3.63, 3.8) is 0 Å². The number of rotatable bonds is 4. The molecule has 1 saturated heterocycles. The first-order valence-corrected chi connectivity index (χ1v) is 7.52. The zero-order valence-electron chi connectivity index (χ0n) is 12.3. The Balaban J connectivity index is 2.21. The molecule has 1 aliphatic heterocycles. The summed E-state index contributed by atoms with van der Waals surface area (Å²) >= 11 is 5.31. The number of thiocarbonyl (C=S) groups is 1. The fourth-order valence-corrected chi connectivity index (χ4v) is 2.92. The van der Waals surface area contributed by atoms with Crippen LogP contribution in [0.1, 0.15) is 18.0 Å². The fraction of sp³-hybridized carbons (Fsp3) is 0.533. The van der Waals surface area contributed by atoms with Crippen LogP contribution in [0, 0.1) is 0 Å². The Morgan fingerprint density at radius 2 is 1.95 bits per heavy atom. The van der Waals surface area contributed by atoms with Crippen LogP contribution in [0.15, 0.2) is 24.3 Å². The summed E-state index contributed by atoms with van der Waals surface area (Å²) in [6, 6.07) is 8.56. The maximum Gasteiger partial charge on any atom is 0.0948 e. The van der Waals surface area contributed by atoms with Gasteiger partial charge in [0.2, 0.25) is 0 Å². The minimum absolute atomic E-state index is 0.0427. The van der Waals surface area contributed by atoms with Crippen molar-refractivity contribution >= 4 is 22.9 Å². The van der Waals surface area contributed by atoms with E-state index in [4.69, 9.17) is 18.0 Å². The van der Waals surface area contributed by atoms with Crippen molar-refractivity contribution in [3.05, 3.63) is 29.8 Å². The molecule has 0 spiro atoms. The first kappa shape index (κ1) is 15.2. The van der Waals surface area contributed by atoms with Gasteiger partial charge in [0.05, 0.1) is 11.0 Å². The molecule has 1 fully saturated rings. The normalized spacial score (nSPS) is 18.3. The molecule has 1 aliphatic rings. The summed E-state index contributed by atoms with van der Waals surface area (Å²) in [7, 11) is 4.08. The molecule has 110 valence electrons. The average molecular weight is 292 g/mol. The molecule has 20 heavy (non-hydrogen) atoms. The lowest BCUT2D eigenvalue weighted by Crippen LogP contribution is -2.39. The number of nitrogens with zero attached hydrogens (tertiary/aromatic N) is 2. The van der Waals surface area contributed by atoms with Crippen molar-refractivity contribution in [1.82, 2.24) is 10.2 Å². The van der Waals surface area contributed by atoms with Gasteiger partial charge < -0.3 is 16.0 Å². The number of anilines is 1. The highest BCUT2D eigenvalue weighted by atomic mass is 32.1. The zero-order valence-corrected chi connectivity index (χ0v) is 13.1. The van der Waals surface area contributed by atoms with Gasteiger partial charge in [-0.2, -0.15) is 0 Å². The van der Waals surface area contributed by atoms with E-state index >= 15 is 0 Å². The summed E-state index contributed by atoms with van der Waals surface area (Å²) in [5.41, 5.74) is 8.38. The summed E-state index contributed by atoms with van der Waals surface area (Å²) in [6.45, 7) is 4.08. The second kappa shape index (κ2) is 7.02. The molecule has 1 aromatic rings. The Morgan fingerprint density at radius 3 is 2.55 bits per heavy atom. The van der Waals surface area contributed by atoms with Gasteiger partial charge in [-0.25, -0.2) is 0 Å². The second-order valence-corrected chi connectivity index (χ2v) is 5.90. The van der Waals surface area contributed by atoms with Crippen molar-refractivity contribution in [3.8, 4) is 0 Å². The number of hydrogen-bond donors (Lipinski definition) is 2. The number of nitrogens with two attached hydrogens (primary N) is 1. The van der Waals surface area contributed by atoms with E-state index in [1.807, 2.05) is 14.1 Å². The summed E-state index contributed by atoms with van der Waals surface area (Å²) in [6.07, 6.45) is 1.13. The van der Waals surface area contributed by atoms with E-state index in [-0.39, 0.29) is 6.04 Å². The molecule has 1 aromatic carbocycles. The van der Waals surface area contributed by atoms with Gasteiger partial charge in [0.25, 0.3) is 0 Å². The smallest absolute Gasteiger partial charge is 0.0948 e. The van der Waals surface area contributed by atoms with Crippen LogP contribution < -0.4 is 16.0 Å². The van der Waals surface area contributed by atoms with Gasteiger partial charge in [-0.15, -0.1) is 0 Å². The van der Waals surface area contributed by atoms with E-state index in [1.165, 1.54) is 11.3 Å². The van der Waals surface area contributed by atoms with Gasteiger partial charge in [0.15, 0.2) is 0 Å². The Morgan fingerprint density at radius 1 is 1.25 bits per heavy atom. The molecular weight excluding hydrogens is 268 g/mol. The highest BCUT2D eigenvalue weighted by Crippen LogP contribution is 2.24. The van der Waals surface area contributed by atoms with Crippen LogP contribution in [-0.2, 0) is 0 Å². The molecular formula is C15H24N4S. The van der Waals surface area contributed by atoms with Crippen LogP contribution in [0.2, 0.25) is 0 Å². The van der Waals surface area contributed by atoms with Gasteiger partial charge in [0, 0.05) is 39.4 Å². The molecule has 5 heteroatoms. The Labute approximate surface area is 126 Å². The Bertz CT molecular complexity index is 436. The van der Waals surface area contributed by atoms with Gasteiger partial charge in [-0.1, -0.05) is 24.4 Å². The highest BCUT2D eigenvalue weighted by Gasteiger charge is 2.23. The molecule has 1 unspecified atom stereocenters. The van der Waals surface area contributed by atoms with Crippen LogP contribution in [-0.4, -0.2) is 50.2 Å². The maximum absolute atomic E-state index is 6.01. The predicted molar refractivity (Wildman–Crippen MR) is 89.4 cm³/mol. The summed E-state index contributed by atoms with van der Waals surface area (Å²) in [5, 5.41) is 3.41. The number of nitrogens with one attached hydrogen (secondary N) is 1. The lowest BCUT2D eigenvalue weighted by Gasteiger charge is -2.30. The number of benzene rings is 1. The highest BCUT2D eigenvalue weighted by molar-refractivity contribution is 7.80. The van der Waals surface area contributed by atoms with E-state index < -0.39 is 0 Å². The molecule has 0 amide bonds. The van der Waals surface area contributed by atoms with Crippen LogP contribution in [0.5, 0.6) is 0 Å². The van der Waals surface area contributed by atoms with Crippen LogP contribution in [0.4, 0.5) is 5.69 Å². The largest absolute Gasteiger partial charge is 0.392 e. The average Bonchev–Trinajstić information content (AvgIpc) is 2.68. The van der Waals surface area contributed by atoms with Crippen molar-refractivity contribution in [2.45, 2.75) is 12.5 Å². The van der Waals surface area contributed by atoms with Gasteiger partial charge in [-0.05, 0) is 30.7 Å². The maximum atomic E-state index is 6.01. The summed E-state index contributed by atoms with van der Waals surface area (Å²) in [5.74, 6) is 0. The van der Waals surface area contributed by atoms with E-state index in [2.05, 4.69) is 39.4 Å². The Kier molecular flexibility index (Phi) is 5.34. The quantitative estimate of drug-likeness (QED) is 0.821. The standard InChI is InChI=1S/C15H24N4S/c1-18(2)13-6-4-12(5-7-13)14(15(16)20)19-10-3-8-17-9-11-19/h4-7,14,17H,3,8-11H2,1-2H3,(H2,16,20). The van der Waals surface area contributed by atoms with Gasteiger partial charge in [0.1, 0.15) is 0 Å². The predicted octanol–water partition coefficient (Wildman–Crippen LogP) is 1.38.